The molecule has 2 rings (SSSR count). The second-order valence-electron chi connectivity index (χ2n) is 5.46. The number of hydrogen-bond acceptors (Lipinski definition) is 6. The molecule has 1 saturated heterocycles. The molecule has 0 saturated carbocycles. The number of benzene rings is 1. The largest absolute Gasteiger partial charge is 0.496 e. The summed E-state index contributed by atoms with van der Waals surface area (Å²) in [5.74, 6) is 2.00. The number of nitrogens with zero attached hydrogens (tertiary/aromatic N) is 2. The second-order valence-corrected chi connectivity index (χ2v) is 7.44. The Bertz CT molecular complexity index is 640. The summed E-state index contributed by atoms with van der Waals surface area (Å²) < 4.78 is 40.7. The summed E-state index contributed by atoms with van der Waals surface area (Å²) >= 11 is 0. The number of methoxy groups -OCH3 is 3. The minimum Gasteiger partial charge on any atom is -0.496 e. The third-order valence-corrected chi connectivity index (χ3v) is 5.28. The molecule has 0 unspecified atom stereocenters. The third-order valence-electron chi connectivity index (χ3n) is 3.98. The van der Waals surface area contributed by atoms with Crippen molar-refractivity contribution in [1.29, 1.82) is 0 Å². The lowest BCUT2D eigenvalue weighted by molar-refractivity contribution is 0.180. The zero-order valence-electron chi connectivity index (χ0n) is 14.0. The normalized spacial score (nSPS) is 17.0. The molecule has 0 aliphatic carbocycles. The van der Waals surface area contributed by atoms with Gasteiger partial charge in [-0.05, 0) is 6.07 Å². The van der Waals surface area contributed by atoms with E-state index in [9.17, 15) is 8.42 Å². The van der Waals surface area contributed by atoms with Crippen LogP contribution in [0.1, 0.15) is 5.56 Å². The number of piperazine rings is 1. The fraction of sp³-hybridized carbons (Fsp3) is 0.600. The van der Waals surface area contributed by atoms with E-state index in [2.05, 4.69) is 4.90 Å². The molecule has 0 radical (unpaired) electrons. The van der Waals surface area contributed by atoms with Crippen LogP contribution >= 0.6 is 0 Å². The first kappa shape index (κ1) is 17.8. The maximum absolute atomic E-state index is 11.6. The standard InChI is InChI=1S/C15H24N2O5S/c1-20-13-10-15(22-3)14(21-2)9-12(13)11-16-5-7-17(8-6-16)23(4,18)19/h9-10H,5-8,11H2,1-4H3. The van der Waals surface area contributed by atoms with Crippen LogP contribution in [0.2, 0.25) is 0 Å². The van der Waals surface area contributed by atoms with E-state index >= 15 is 0 Å². The molecular weight excluding hydrogens is 320 g/mol. The fourth-order valence-corrected chi connectivity index (χ4v) is 3.50. The van der Waals surface area contributed by atoms with Crippen molar-refractivity contribution in [1.82, 2.24) is 9.21 Å². The lowest BCUT2D eigenvalue weighted by atomic mass is 10.1. The summed E-state index contributed by atoms with van der Waals surface area (Å²) in [7, 11) is 1.69. The van der Waals surface area contributed by atoms with Crippen LogP contribution in [0.15, 0.2) is 12.1 Å². The van der Waals surface area contributed by atoms with Crippen molar-refractivity contribution in [3.8, 4) is 17.2 Å². The van der Waals surface area contributed by atoms with E-state index in [-0.39, 0.29) is 0 Å². The van der Waals surface area contributed by atoms with Crippen LogP contribution in [0.25, 0.3) is 0 Å². The van der Waals surface area contributed by atoms with E-state index in [0.717, 1.165) is 11.3 Å². The van der Waals surface area contributed by atoms with Crippen LogP contribution in [-0.2, 0) is 16.6 Å². The first-order chi connectivity index (χ1) is 10.9. The number of hydrogen-bond donors (Lipinski definition) is 0. The van der Waals surface area contributed by atoms with Crippen LogP contribution < -0.4 is 14.2 Å². The summed E-state index contributed by atoms with van der Waals surface area (Å²) in [5.41, 5.74) is 0.984. The fourth-order valence-electron chi connectivity index (χ4n) is 2.68. The van der Waals surface area contributed by atoms with Crippen molar-refractivity contribution in [2.45, 2.75) is 6.54 Å². The lowest BCUT2D eigenvalue weighted by Crippen LogP contribution is -2.47. The predicted molar refractivity (Wildman–Crippen MR) is 87.8 cm³/mol. The Morgan fingerprint density at radius 1 is 0.913 bits per heavy atom. The van der Waals surface area contributed by atoms with Gasteiger partial charge >= 0.3 is 0 Å². The van der Waals surface area contributed by atoms with Crippen molar-refractivity contribution in [3.05, 3.63) is 17.7 Å². The molecular formula is C15H24N2O5S. The summed E-state index contributed by atoms with van der Waals surface area (Å²) in [4.78, 5) is 2.20. The van der Waals surface area contributed by atoms with Crippen LogP contribution in [-0.4, -0.2) is 71.4 Å². The Kier molecular flexibility index (Phi) is 5.72. The first-order valence-electron chi connectivity index (χ1n) is 7.35. The van der Waals surface area contributed by atoms with Crippen molar-refractivity contribution < 1.29 is 22.6 Å². The highest BCUT2D eigenvalue weighted by molar-refractivity contribution is 7.88. The Labute approximate surface area is 137 Å². The van der Waals surface area contributed by atoms with Gasteiger partial charge in [0.05, 0.1) is 27.6 Å². The summed E-state index contributed by atoms with van der Waals surface area (Å²) in [6, 6.07) is 3.71. The summed E-state index contributed by atoms with van der Waals surface area (Å²) in [6.07, 6.45) is 1.25. The average molecular weight is 344 g/mol. The number of rotatable bonds is 6. The molecule has 130 valence electrons. The van der Waals surface area contributed by atoms with Crippen molar-refractivity contribution >= 4 is 10.0 Å². The SMILES string of the molecule is COc1cc(OC)c(OC)cc1CN1CCN(S(C)(=O)=O)CC1. The van der Waals surface area contributed by atoms with E-state index in [1.165, 1.54) is 10.6 Å². The molecule has 7 nitrogen and oxygen atoms in total. The number of ether oxygens (including phenoxy) is 3. The van der Waals surface area contributed by atoms with E-state index in [0.29, 0.717) is 44.2 Å². The maximum atomic E-state index is 11.6. The van der Waals surface area contributed by atoms with Gasteiger partial charge in [-0.1, -0.05) is 0 Å². The highest BCUT2D eigenvalue weighted by atomic mass is 32.2. The monoisotopic (exact) mass is 344 g/mol. The minimum absolute atomic E-state index is 0.508. The molecule has 0 bridgehead atoms. The minimum atomic E-state index is -3.11. The van der Waals surface area contributed by atoms with Crippen molar-refractivity contribution in [2.75, 3.05) is 53.8 Å². The molecule has 1 heterocycles. The van der Waals surface area contributed by atoms with Gasteiger partial charge in [-0.15, -0.1) is 0 Å². The molecule has 1 aromatic rings. The van der Waals surface area contributed by atoms with Gasteiger partial charge < -0.3 is 14.2 Å². The quantitative estimate of drug-likeness (QED) is 0.760. The van der Waals surface area contributed by atoms with Gasteiger partial charge in [0.2, 0.25) is 10.0 Å². The zero-order valence-corrected chi connectivity index (χ0v) is 14.9. The molecule has 0 atom stereocenters. The van der Waals surface area contributed by atoms with Crippen LogP contribution in [0.5, 0.6) is 17.2 Å². The molecule has 0 N–H and O–H groups in total. The smallest absolute Gasteiger partial charge is 0.211 e. The van der Waals surface area contributed by atoms with Gasteiger partial charge in [0.25, 0.3) is 0 Å². The Morgan fingerprint density at radius 3 is 1.91 bits per heavy atom. The van der Waals surface area contributed by atoms with Crippen molar-refractivity contribution in [3.63, 3.8) is 0 Å². The summed E-state index contributed by atoms with van der Waals surface area (Å²) in [5, 5.41) is 0. The van der Waals surface area contributed by atoms with Gasteiger partial charge in [0.1, 0.15) is 5.75 Å². The highest BCUT2D eigenvalue weighted by Gasteiger charge is 2.24. The average Bonchev–Trinajstić information content (AvgIpc) is 2.54. The molecule has 8 heteroatoms. The Balaban J connectivity index is 2.11. The molecule has 0 spiro atoms. The lowest BCUT2D eigenvalue weighted by Gasteiger charge is -2.33. The zero-order chi connectivity index (χ0) is 17.0. The molecule has 1 fully saturated rings. The van der Waals surface area contributed by atoms with Gasteiger partial charge in [0.15, 0.2) is 11.5 Å². The van der Waals surface area contributed by atoms with E-state index in [4.69, 9.17) is 14.2 Å². The van der Waals surface area contributed by atoms with Gasteiger partial charge in [0, 0.05) is 44.4 Å². The Hall–Kier alpha value is -1.51. The van der Waals surface area contributed by atoms with Crippen LogP contribution in [0.3, 0.4) is 0 Å². The predicted octanol–water partition coefficient (Wildman–Crippen LogP) is 0.790. The summed E-state index contributed by atoms with van der Waals surface area (Å²) in [6.45, 7) is 3.05. The molecule has 1 aliphatic rings. The molecule has 0 amide bonds. The maximum Gasteiger partial charge on any atom is 0.211 e. The molecule has 1 aromatic carbocycles. The first-order valence-corrected chi connectivity index (χ1v) is 9.20. The molecule has 23 heavy (non-hydrogen) atoms. The number of sulfonamides is 1. The molecule has 1 aliphatic heterocycles. The van der Waals surface area contributed by atoms with Crippen LogP contribution in [0.4, 0.5) is 0 Å². The third kappa shape index (κ3) is 4.27. The van der Waals surface area contributed by atoms with Gasteiger partial charge in [-0.25, -0.2) is 8.42 Å². The van der Waals surface area contributed by atoms with Crippen molar-refractivity contribution in [2.24, 2.45) is 0 Å². The highest BCUT2D eigenvalue weighted by Crippen LogP contribution is 2.35. The van der Waals surface area contributed by atoms with E-state index < -0.39 is 10.0 Å². The second kappa shape index (κ2) is 7.37. The van der Waals surface area contributed by atoms with Gasteiger partial charge in [-0.2, -0.15) is 4.31 Å². The topological polar surface area (TPSA) is 68.3 Å². The van der Waals surface area contributed by atoms with E-state index in [1.54, 1.807) is 27.4 Å². The molecule has 0 aromatic heterocycles. The van der Waals surface area contributed by atoms with E-state index in [1.807, 2.05) is 6.07 Å². The van der Waals surface area contributed by atoms with Gasteiger partial charge in [-0.3, -0.25) is 4.90 Å². The van der Waals surface area contributed by atoms with Crippen LogP contribution in [0, 0.1) is 0 Å². The Morgan fingerprint density at radius 2 is 1.43 bits per heavy atom.